The van der Waals surface area contributed by atoms with E-state index in [9.17, 15) is 0 Å². The second kappa shape index (κ2) is 18.4. The normalized spacial score (nSPS) is 0. The number of hydrogen-bond acceptors (Lipinski definition) is 0. The Morgan fingerprint density at radius 1 is 1.25 bits per heavy atom. The fraction of sp³-hybridized carbons (Fsp3) is 0. The average molecular weight is 175 g/mol. The maximum absolute atomic E-state index is 0. The van der Waals surface area contributed by atoms with E-state index in [1.165, 1.54) is 0 Å². The van der Waals surface area contributed by atoms with Gasteiger partial charge in [-0.25, -0.2) is 0 Å². The summed E-state index contributed by atoms with van der Waals surface area (Å²) in [7, 11) is 0. The largest absolute Gasteiger partial charge is 2.00 e. The third-order valence-electron chi connectivity index (χ3n) is 0. The van der Waals surface area contributed by atoms with Crippen LogP contribution in [0.15, 0.2) is 0 Å². The quantitative estimate of drug-likeness (QED) is 0.399. The predicted octanol–water partition coefficient (Wildman–Crippen LogP) is -1.34. The first kappa shape index (κ1) is 33.0. The molecule has 0 atom stereocenters. The van der Waals surface area contributed by atoms with Crippen LogP contribution in [-0.4, -0.2) is 40.4 Å². The first-order chi connectivity index (χ1) is 0. The topological polar surface area (TPSA) is 0 Å². The van der Waals surface area contributed by atoms with E-state index in [4.69, 9.17) is 0 Å². The second-order valence-corrected chi connectivity index (χ2v) is 0. The molecule has 0 nitrogen and oxygen atoms in total. The van der Waals surface area contributed by atoms with Crippen LogP contribution in [0.4, 0.5) is 0 Å². The van der Waals surface area contributed by atoms with Crippen LogP contribution in [0.3, 0.4) is 0 Å². The van der Waals surface area contributed by atoms with Gasteiger partial charge in [0.25, 0.3) is 0 Å². The summed E-state index contributed by atoms with van der Waals surface area (Å²) >= 11 is 0. The van der Waals surface area contributed by atoms with Gasteiger partial charge in [0.1, 0.15) is 0 Å². The molecule has 0 aromatic heterocycles. The monoisotopic (exact) mass is 174 g/mol. The van der Waals surface area contributed by atoms with Crippen LogP contribution in [0.25, 0.3) is 0 Å². The van der Waals surface area contributed by atoms with E-state index >= 15 is 0 Å². The van der Waals surface area contributed by atoms with Crippen molar-refractivity contribution in [3.63, 3.8) is 0 Å². The van der Waals surface area contributed by atoms with Crippen molar-refractivity contribution in [3.8, 4) is 0 Å². The summed E-state index contributed by atoms with van der Waals surface area (Å²) in [5.74, 6) is 0. The van der Waals surface area contributed by atoms with Gasteiger partial charge in [-0.1, -0.05) is 0 Å². The zero-order valence-corrected chi connectivity index (χ0v) is 4.92. The predicted molar refractivity (Wildman–Crippen MR) is 17.9 cm³/mol. The first-order valence-electron chi connectivity index (χ1n) is 0. The van der Waals surface area contributed by atoms with Crippen molar-refractivity contribution in [2.24, 2.45) is 0 Å². The van der Waals surface area contributed by atoms with Crippen molar-refractivity contribution in [3.05, 3.63) is 0 Å². The van der Waals surface area contributed by atoms with E-state index in [0.717, 1.165) is 0 Å². The van der Waals surface area contributed by atoms with Crippen LogP contribution in [0.5, 0.6) is 0 Å². The van der Waals surface area contributed by atoms with Gasteiger partial charge in [-0.15, -0.1) is 0 Å². The molecule has 0 N–H and O–H groups in total. The molecule has 0 aliphatic carbocycles. The van der Waals surface area contributed by atoms with Crippen LogP contribution in [0.1, 0.15) is 2.85 Å². The van der Waals surface area contributed by atoms with Gasteiger partial charge in [-0.3, -0.25) is 0 Å². The van der Waals surface area contributed by atoms with Crippen molar-refractivity contribution in [1.82, 2.24) is 0 Å². The molecule has 0 spiro atoms. The van der Waals surface area contributed by atoms with Crippen LogP contribution in [0.2, 0.25) is 0 Å². The minimum atomic E-state index is 0. The Morgan fingerprint density at radius 3 is 1.25 bits per heavy atom. The van der Waals surface area contributed by atoms with Crippen LogP contribution >= 0.6 is 0 Å². The molecule has 0 aliphatic rings. The molecule has 0 saturated carbocycles. The average Bonchev–Trinajstić information content (AvgIpc) is 0. The van der Waals surface area contributed by atoms with Gasteiger partial charge in [0.05, 0.1) is 0 Å². The van der Waals surface area contributed by atoms with E-state index in [1.54, 1.807) is 0 Å². The maximum Gasteiger partial charge on any atom is 2.00 e. The molecule has 0 aromatic carbocycles. The molecule has 0 saturated heterocycles. The van der Waals surface area contributed by atoms with Gasteiger partial charge in [-0.05, 0) is 0 Å². The number of hydrogen-bond donors (Lipinski definition) is 0. The molecule has 0 aromatic rings. The van der Waals surface area contributed by atoms with Crippen molar-refractivity contribution < 1.29 is 37.0 Å². The van der Waals surface area contributed by atoms with Crippen LogP contribution < -0.4 is 0 Å². The summed E-state index contributed by atoms with van der Waals surface area (Å²) < 4.78 is 0. The fourth-order valence-electron chi connectivity index (χ4n) is 0. The summed E-state index contributed by atoms with van der Waals surface area (Å²) in [6, 6.07) is 0. The number of rotatable bonds is 0. The Kier molecular flexibility index (Phi) is 152. The Labute approximate surface area is 76.7 Å². The molecule has 0 rings (SSSR count). The Bertz CT molecular complexity index is 13.5. The van der Waals surface area contributed by atoms with E-state index in [-0.39, 0.29) is 77.4 Å². The summed E-state index contributed by atoms with van der Waals surface area (Å²) in [6.07, 6.45) is 0. The van der Waals surface area contributed by atoms with E-state index in [2.05, 4.69) is 0 Å². The van der Waals surface area contributed by atoms with Gasteiger partial charge < -0.3 is 2.85 Å². The zero-order chi connectivity index (χ0) is 0. The molecule has 0 unspecified atom stereocenters. The Morgan fingerprint density at radius 2 is 1.25 bits per heavy atom. The van der Waals surface area contributed by atoms with E-state index in [0.29, 0.717) is 0 Å². The van der Waals surface area contributed by atoms with Gasteiger partial charge in [0.15, 0.2) is 17.4 Å². The summed E-state index contributed by atoms with van der Waals surface area (Å²) in [5, 5.41) is 0. The minimum absolute atomic E-state index is 0. The van der Waals surface area contributed by atoms with Crippen molar-refractivity contribution in [2.75, 3.05) is 0 Å². The van der Waals surface area contributed by atoms with Gasteiger partial charge in [-0.2, -0.15) is 0 Å². The first-order valence-corrected chi connectivity index (χ1v) is 0. The smallest absolute Gasteiger partial charge is 1.00 e. The molecule has 4 heteroatoms. The van der Waals surface area contributed by atoms with Gasteiger partial charge in [0, 0.05) is 34.1 Å². The molecule has 0 heterocycles. The molecule has 4 heavy (non-hydrogen) atoms. The molecular weight excluding hydrogens is 170 g/mol. The van der Waals surface area contributed by atoms with Crippen molar-refractivity contribution in [2.45, 2.75) is 0 Å². The molecule has 0 bridgehead atoms. The molecule has 0 fully saturated rings. The Balaban J connectivity index is 0. The van der Waals surface area contributed by atoms with Crippen molar-refractivity contribution in [1.29, 1.82) is 0 Å². The maximum atomic E-state index is 0. The molecule has 2 radical (unpaired) electrons. The summed E-state index contributed by atoms with van der Waals surface area (Å²) in [4.78, 5) is 0. The summed E-state index contributed by atoms with van der Waals surface area (Å²) in [5.41, 5.74) is 0. The zero-order valence-electron chi connectivity index (χ0n) is 3.39. The minimum Gasteiger partial charge on any atom is -1.00 e. The van der Waals surface area contributed by atoms with Gasteiger partial charge >= 0.3 is 23.1 Å². The second-order valence-electron chi connectivity index (χ2n) is 0. The van der Waals surface area contributed by atoms with Crippen LogP contribution in [0, 0.1) is 0 Å². The third-order valence-corrected chi connectivity index (χ3v) is 0. The molecule has 28 valence electrons. The molecule has 0 aliphatic heterocycles. The van der Waals surface area contributed by atoms with E-state index in [1.807, 2.05) is 0 Å². The SMILES string of the molecule is [AlH3].[Cu].[H-].[H-].[Mg+2].[Mn]. The van der Waals surface area contributed by atoms with Crippen LogP contribution in [-0.2, 0) is 34.1 Å². The summed E-state index contributed by atoms with van der Waals surface area (Å²) in [6.45, 7) is 0. The Hall–Kier alpha value is 2.34. The third kappa shape index (κ3) is 8.84. The van der Waals surface area contributed by atoms with Gasteiger partial charge in [0.2, 0.25) is 0 Å². The van der Waals surface area contributed by atoms with E-state index < -0.39 is 0 Å². The standard InChI is InChI=1S/Al.Cu.Mg.Mn.5H/q;;+2;;;;;2*-1. The van der Waals surface area contributed by atoms with Crippen molar-refractivity contribution >= 4 is 40.4 Å². The molecular formula is H5AlCuMgMn. The molecule has 0 amide bonds. The fourth-order valence-corrected chi connectivity index (χ4v) is 0.